The minimum absolute atomic E-state index is 0.241. The Morgan fingerprint density at radius 2 is 1.88 bits per heavy atom. The molecule has 26 heavy (non-hydrogen) atoms. The highest BCUT2D eigenvalue weighted by atomic mass is 19.1. The molecular weight excluding hydrogens is 333 g/mol. The molecule has 0 aliphatic heterocycles. The lowest BCUT2D eigenvalue weighted by Gasteiger charge is -2.12. The average Bonchev–Trinajstić information content (AvgIpc) is 3.14. The molecule has 1 aliphatic rings. The topological polar surface area (TPSA) is 79.8 Å². The van der Waals surface area contributed by atoms with Crippen LogP contribution in [0.25, 0.3) is 22.2 Å². The third kappa shape index (κ3) is 3.61. The number of rotatable bonds is 3. The molecule has 0 bridgehead atoms. The summed E-state index contributed by atoms with van der Waals surface area (Å²) in [7, 11) is 0. The SMILES string of the molecule is O=C(Nc1ccc2ncc(-c3ccnc(F)c3)cc2n1)NC1CCCC1. The van der Waals surface area contributed by atoms with Crippen molar-refractivity contribution in [2.24, 2.45) is 0 Å². The van der Waals surface area contributed by atoms with Gasteiger partial charge in [-0.2, -0.15) is 4.39 Å². The van der Waals surface area contributed by atoms with E-state index in [2.05, 4.69) is 25.6 Å². The number of amides is 2. The molecule has 0 spiro atoms. The van der Waals surface area contributed by atoms with E-state index in [-0.39, 0.29) is 12.1 Å². The maximum atomic E-state index is 13.3. The van der Waals surface area contributed by atoms with Gasteiger partial charge in [-0.25, -0.2) is 14.8 Å². The smallest absolute Gasteiger partial charge is 0.320 e. The maximum absolute atomic E-state index is 13.3. The van der Waals surface area contributed by atoms with E-state index in [0.29, 0.717) is 22.4 Å². The Labute approximate surface area is 149 Å². The molecule has 6 nitrogen and oxygen atoms in total. The van der Waals surface area contributed by atoms with E-state index >= 15 is 0 Å². The molecule has 3 aromatic rings. The Balaban J connectivity index is 1.56. The number of nitrogens with one attached hydrogen (secondary N) is 2. The van der Waals surface area contributed by atoms with Crippen molar-refractivity contribution in [1.29, 1.82) is 0 Å². The van der Waals surface area contributed by atoms with Crippen LogP contribution in [0, 0.1) is 5.95 Å². The predicted molar refractivity (Wildman–Crippen MR) is 97.1 cm³/mol. The molecule has 7 heteroatoms. The molecule has 3 heterocycles. The molecular formula is C19H18FN5O. The molecule has 1 saturated carbocycles. The Kier molecular flexibility index (Phi) is 4.43. The standard InChI is InChI=1S/C19H18FN5O/c20-17-10-12(7-8-21-17)13-9-16-15(22-11-13)5-6-18(24-16)25-19(26)23-14-3-1-2-4-14/h5-11,14H,1-4H2,(H2,23,24,25,26). The van der Waals surface area contributed by atoms with Crippen LogP contribution in [-0.4, -0.2) is 27.0 Å². The molecule has 0 saturated heterocycles. The summed E-state index contributed by atoms with van der Waals surface area (Å²) < 4.78 is 13.3. The summed E-state index contributed by atoms with van der Waals surface area (Å²) in [6.45, 7) is 0. The minimum Gasteiger partial charge on any atom is -0.335 e. The van der Waals surface area contributed by atoms with E-state index in [1.54, 1.807) is 24.4 Å². The van der Waals surface area contributed by atoms with E-state index in [4.69, 9.17) is 0 Å². The van der Waals surface area contributed by atoms with Crippen molar-refractivity contribution in [2.75, 3.05) is 5.32 Å². The van der Waals surface area contributed by atoms with Gasteiger partial charge >= 0.3 is 6.03 Å². The molecule has 0 radical (unpaired) electrons. The van der Waals surface area contributed by atoms with Gasteiger partial charge in [-0.05, 0) is 42.7 Å². The number of carbonyl (C=O) groups is 1. The Morgan fingerprint density at radius 3 is 2.69 bits per heavy atom. The molecule has 3 aromatic heterocycles. The average molecular weight is 351 g/mol. The molecule has 4 rings (SSSR count). The summed E-state index contributed by atoms with van der Waals surface area (Å²) in [5.41, 5.74) is 2.73. The highest BCUT2D eigenvalue weighted by molar-refractivity contribution is 5.90. The summed E-state index contributed by atoms with van der Waals surface area (Å²) in [5.74, 6) is -0.0950. The minimum atomic E-state index is -0.547. The number of urea groups is 1. The second-order valence-electron chi connectivity index (χ2n) is 6.41. The van der Waals surface area contributed by atoms with Gasteiger partial charge in [0.05, 0.1) is 11.0 Å². The highest BCUT2D eigenvalue weighted by Gasteiger charge is 2.17. The number of pyridine rings is 3. The van der Waals surface area contributed by atoms with Crippen LogP contribution in [0.1, 0.15) is 25.7 Å². The van der Waals surface area contributed by atoms with Crippen molar-refractivity contribution < 1.29 is 9.18 Å². The molecule has 132 valence electrons. The number of anilines is 1. The van der Waals surface area contributed by atoms with Gasteiger partial charge < -0.3 is 5.32 Å². The Bertz CT molecular complexity index is 956. The van der Waals surface area contributed by atoms with Crippen molar-refractivity contribution in [3.63, 3.8) is 0 Å². The normalized spacial score (nSPS) is 14.5. The van der Waals surface area contributed by atoms with Crippen molar-refractivity contribution in [3.8, 4) is 11.1 Å². The third-order valence-corrected chi connectivity index (χ3v) is 4.53. The second kappa shape index (κ2) is 7.03. The summed E-state index contributed by atoms with van der Waals surface area (Å²) in [6.07, 6.45) is 7.43. The number of halogens is 1. The first-order valence-electron chi connectivity index (χ1n) is 8.64. The molecule has 0 atom stereocenters. The first kappa shape index (κ1) is 16.4. The highest BCUT2D eigenvalue weighted by Crippen LogP contribution is 2.23. The lowest BCUT2D eigenvalue weighted by molar-refractivity contribution is 0.248. The fraction of sp³-hybridized carbons (Fsp3) is 0.263. The van der Waals surface area contributed by atoms with E-state index in [1.807, 2.05) is 6.07 Å². The largest absolute Gasteiger partial charge is 0.335 e. The van der Waals surface area contributed by atoms with Gasteiger partial charge in [0.2, 0.25) is 5.95 Å². The van der Waals surface area contributed by atoms with Crippen molar-refractivity contribution in [2.45, 2.75) is 31.7 Å². The summed E-state index contributed by atoms with van der Waals surface area (Å²) in [6, 6.07) is 8.38. The lowest BCUT2D eigenvalue weighted by atomic mass is 10.1. The fourth-order valence-corrected chi connectivity index (χ4v) is 3.22. The van der Waals surface area contributed by atoms with E-state index in [9.17, 15) is 9.18 Å². The van der Waals surface area contributed by atoms with Gasteiger partial charge in [-0.1, -0.05) is 12.8 Å². The molecule has 2 N–H and O–H groups in total. The number of nitrogens with zero attached hydrogens (tertiary/aromatic N) is 3. The maximum Gasteiger partial charge on any atom is 0.320 e. The monoisotopic (exact) mass is 351 g/mol. The molecule has 2 amide bonds. The first-order chi connectivity index (χ1) is 12.7. The van der Waals surface area contributed by atoms with Gasteiger partial charge in [-0.3, -0.25) is 10.3 Å². The Morgan fingerprint density at radius 1 is 1.04 bits per heavy atom. The predicted octanol–water partition coefficient (Wildman–Crippen LogP) is 3.90. The fourth-order valence-electron chi connectivity index (χ4n) is 3.22. The van der Waals surface area contributed by atoms with Crippen molar-refractivity contribution in [1.82, 2.24) is 20.3 Å². The van der Waals surface area contributed by atoms with E-state index in [0.717, 1.165) is 31.2 Å². The molecule has 1 aliphatic carbocycles. The summed E-state index contributed by atoms with van der Waals surface area (Å²) in [4.78, 5) is 24.5. The van der Waals surface area contributed by atoms with Gasteiger partial charge in [0.25, 0.3) is 0 Å². The molecule has 1 fully saturated rings. The summed E-state index contributed by atoms with van der Waals surface area (Å²) >= 11 is 0. The molecule has 0 aromatic carbocycles. The number of fused-ring (bicyclic) bond motifs is 1. The van der Waals surface area contributed by atoms with Crippen LogP contribution < -0.4 is 10.6 Å². The van der Waals surface area contributed by atoms with Crippen LogP contribution in [0.4, 0.5) is 15.0 Å². The van der Waals surface area contributed by atoms with Crippen LogP contribution in [-0.2, 0) is 0 Å². The Hall–Kier alpha value is -3.09. The van der Waals surface area contributed by atoms with Gasteiger partial charge in [-0.15, -0.1) is 0 Å². The number of hydrogen-bond acceptors (Lipinski definition) is 4. The zero-order valence-electron chi connectivity index (χ0n) is 14.1. The van der Waals surface area contributed by atoms with Crippen LogP contribution >= 0.6 is 0 Å². The lowest BCUT2D eigenvalue weighted by Crippen LogP contribution is -2.36. The number of carbonyl (C=O) groups excluding carboxylic acids is 1. The van der Waals surface area contributed by atoms with Crippen molar-refractivity contribution in [3.05, 3.63) is 48.7 Å². The summed E-state index contributed by atoms with van der Waals surface area (Å²) in [5, 5.41) is 5.73. The van der Waals surface area contributed by atoms with Gasteiger partial charge in [0.15, 0.2) is 0 Å². The molecule has 0 unspecified atom stereocenters. The van der Waals surface area contributed by atoms with Gasteiger partial charge in [0.1, 0.15) is 5.82 Å². The van der Waals surface area contributed by atoms with Crippen molar-refractivity contribution >= 4 is 22.9 Å². The van der Waals surface area contributed by atoms with E-state index in [1.165, 1.54) is 12.3 Å². The van der Waals surface area contributed by atoms with Crippen LogP contribution in [0.2, 0.25) is 0 Å². The van der Waals surface area contributed by atoms with Gasteiger partial charge in [0, 0.05) is 30.1 Å². The van der Waals surface area contributed by atoms with E-state index < -0.39 is 5.95 Å². The van der Waals surface area contributed by atoms with Crippen LogP contribution in [0.15, 0.2) is 42.7 Å². The number of aromatic nitrogens is 3. The first-order valence-corrected chi connectivity index (χ1v) is 8.64. The van der Waals surface area contributed by atoms with Crippen LogP contribution in [0.5, 0.6) is 0 Å². The third-order valence-electron chi connectivity index (χ3n) is 4.53. The number of hydrogen-bond donors (Lipinski definition) is 2. The second-order valence-corrected chi connectivity index (χ2v) is 6.41. The quantitative estimate of drug-likeness (QED) is 0.702. The zero-order valence-corrected chi connectivity index (χ0v) is 14.1. The zero-order chi connectivity index (χ0) is 17.9. The van der Waals surface area contributed by atoms with Crippen LogP contribution in [0.3, 0.4) is 0 Å².